The Morgan fingerprint density at radius 3 is 2.10 bits per heavy atom. The molecule has 2 rings (SSSR count). The summed E-state index contributed by atoms with van der Waals surface area (Å²) in [6.45, 7) is 0.178. The number of aliphatic imine (C=N–C) groups is 1. The number of rotatable bonds is 7. The van der Waals surface area contributed by atoms with Crippen molar-refractivity contribution in [1.29, 1.82) is 0 Å². The second kappa shape index (κ2) is 10.8. The number of halogens is 4. The smallest absolute Gasteiger partial charge is 0.493 e. The maximum atomic E-state index is 12.2. The molecule has 0 bridgehead atoms. The van der Waals surface area contributed by atoms with Crippen LogP contribution in [0, 0.1) is 0 Å². The summed E-state index contributed by atoms with van der Waals surface area (Å²) in [5.41, 5.74) is 7.00. The van der Waals surface area contributed by atoms with Gasteiger partial charge in [-0.25, -0.2) is 4.99 Å². The highest BCUT2D eigenvalue weighted by molar-refractivity contribution is 14.0. The molecular weight excluding hydrogens is 506 g/mol. The van der Waals surface area contributed by atoms with Crippen LogP contribution in [-0.2, 0) is 6.54 Å². The normalized spacial score (nSPS) is 11.3. The van der Waals surface area contributed by atoms with Gasteiger partial charge in [0, 0.05) is 11.3 Å². The van der Waals surface area contributed by atoms with Gasteiger partial charge in [0.1, 0.15) is 5.75 Å². The van der Waals surface area contributed by atoms with Gasteiger partial charge in [0.15, 0.2) is 17.5 Å². The van der Waals surface area contributed by atoms with Crippen molar-refractivity contribution in [3.8, 4) is 23.0 Å². The number of guanidine groups is 1. The van der Waals surface area contributed by atoms with Crippen molar-refractivity contribution < 1.29 is 32.1 Å². The van der Waals surface area contributed by atoms with E-state index in [0.717, 1.165) is 0 Å². The molecule has 7 nitrogen and oxygen atoms in total. The van der Waals surface area contributed by atoms with Gasteiger partial charge in [-0.05, 0) is 36.4 Å². The van der Waals surface area contributed by atoms with Crippen LogP contribution in [-0.4, -0.2) is 33.7 Å². The van der Waals surface area contributed by atoms with E-state index in [1.807, 2.05) is 0 Å². The molecule has 0 atom stereocenters. The van der Waals surface area contributed by atoms with Crippen molar-refractivity contribution in [1.82, 2.24) is 0 Å². The third-order valence-electron chi connectivity index (χ3n) is 3.57. The average molecular weight is 527 g/mol. The topological polar surface area (TPSA) is 87.3 Å². The molecule has 0 spiro atoms. The summed E-state index contributed by atoms with van der Waals surface area (Å²) in [7, 11) is 4.51. The molecule has 0 aliphatic carbocycles. The molecule has 0 aliphatic rings. The van der Waals surface area contributed by atoms with Gasteiger partial charge in [0.05, 0.1) is 27.9 Å². The van der Waals surface area contributed by atoms with E-state index in [4.69, 9.17) is 19.9 Å². The molecule has 2 aromatic carbocycles. The van der Waals surface area contributed by atoms with Gasteiger partial charge in [-0.15, -0.1) is 37.1 Å². The Labute approximate surface area is 183 Å². The fraction of sp³-hybridized carbons (Fsp3) is 0.278. The molecule has 0 aliphatic heterocycles. The summed E-state index contributed by atoms with van der Waals surface area (Å²) in [6.07, 6.45) is -4.74. The number of nitrogens with two attached hydrogens (primary N) is 1. The van der Waals surface area contributed by atoms with Crippen molar-refractivity contribution in [2.24, 2.45) is 10.7 Å². The second-order valence-electron chi connectivity index (χ2n) is 5.39. The van der Waals surface area contributed by atoms with Gasteiger partial charge >= 0.3 is 6.36 Å². The second-order valence-corrected chi connectivity index (χ2v) is 5.39. The highest BCUT2D eigenvalue weighted by Gasteiger charge is 2.30. The molecule has 0 radical (unpaired) electrons. The van der Waals surface area contributed by atoms with E-state index in [2.05, 4.69) is 15.0 Å². The zero-order valence-electron chi connectivity index (χ0n) is 15.9. The lowest BCUT2D eigenvalue weighted by Crippen LogP contribution is -2.22. The Morgan fingerprint density at radius 1 is 0.966 bits per heavy atom. The molecule has 2 aromatic rings. The van der Waals surface area contributed by atoms with Crippen LogP contribution in [0.25, 0.3) is 0 Å². The van der Waals surface area contributed by atoms with Gasteiger partial charge in [0.25, 0.3) is 0 Å². The third-order valence-corrected chi connectivity index (χ3v) is 3.57. The van der Waals surface area contributed by atoms with E-state index in [9.17, 15) is 13.2 Å². The largest absolute Gasteiger partial charge is 0.573 e. The number of methoxy groups -OCH3 is 3. The average Bonchev–Trinajstić information content (AvgIpc) is 2.65. The summed E-state index contributed by atoms with van der Waals surface area (Å²) < 4.78 is 56.2. The Bertz CT molecular complexity index is 830. The van der Waals surface area contributed by atoms with E-state index >= 15 is 0 Å². The number of hydrogen-bond acceptors (Lipinski definition) is 5. The van der Waals surface area contributed by atoms with Crippen LogP contribution in [0.5, 0.6) is 23.0 Å². The molecule has 0 amide bonds. The number of alkyl halides is 3. The Balaban J connectivity index is 0.00000420. The van der Waals surface area contributed by atoms with Crippen LogP contribution in [0.4, 0.5) is 18.9 Å². The van der Waals surface area contributed by atoms with Gasteiger partial charge in [-0.2, -0.15) is 0 Å². The minimum atomic E-state index is -4.74. The van der Waals surface area contributed by atoms with E-state index in [1.165, 1.54) is 45.6 Å². The van der Waals surface area contributed by atoms with Crippen LogP contribution in [0.15, 0.2) is 41.4 Å². The molecular formula is C18H21F3IN3O4. The summed E-state index contributed by atoms with van der Waals surface area (Å²) in [6, 6.07) is 8.59. The van der Waals surface area contributed by atoms with Crippen molar-refractivity contribution in [3.05, 3.63) is 42.0 Å². The molecule has 0 aromatic heterocycles. The summed E-state index contributed by atoms with van der Waals surface area (Å²) in [5, 5.41) is 2.79. The lowest BCUT2D eigenvalue weighted by molar-refractivity contribution is -0.274. The highest BCUT2D eigenvalue weighted by Crippen LogP contribution is 2.39. The fourth-order valence-electron chi connectivity index (χ4n) is 2.39. The van der Waals surface area contributed by atoms with E-state index in [-0.39, 0.29) is 42.2 Å². The Morgan fingerprint density at radius 2 is 1.59 bits per heavy atom. The SMILES string of the molecule is COc1ccc(CN=C(N)Nc2ccc(OC(F)(F)F)cc2)c(OC)c1OC.I. The molecule has 160 valence electrons. The fourth-order valence-corrected chi connectivity index (χ4v) is 2.39. The number of nitrogens with one attached hydrogen (secondary N) is 1. The number of ether oxygens (including phenoxy) is 4. The lowest BCUT2D eigenvalue weighted by atomic mass is 10.1. The molecule has 0 saturated carbocycles. The minimum Gasteiger partial charge on any atom is -0.493 e. The third kappa shape index (κ3) is 7.07. The van der Waals surface area contributed by atoms with E-state index in [0.29, 0.717) is 28.5 Å². The number of hydrogen-bond donors (Lipinski definition) is 2. The number of nitrogens with zero attached hydrogens (tertiary/aromatic N) is 1. The molecule has 0 heterocycles. The molecule has 11 heteroatoms. The summed E-state index contributed by atoms with van der Waals surface area (Å²) in [4.78, 5) is 4.21. The minimum absolute atomic E-state index is 0. The van der Waals surface area contributed by atoms with Crippen molar-refractivity contribution >= 4 is 35.6 Å². The van der Waals surface area contributed by atoms with E-state index < -0.39 is 6.36 Å². The number of benzene rings is 2. The van der Waals surface area contributed by atoms with E-state index in [1.54, 1.807) is 12.1 Å². The van der Waals surface area contributed by atoms with Crippen LogP contribution < -0.4 is 30.0 Å². The molecule has 29 heavy (non-hydrogen) atoms. The van der Waals surface area contributed by atoms with Gasteiger partial charge in [-0.1, -0.05) is 0 Å². The first-order valence-electron chi connectivity index (χ1n) is 7.98. The molecule has 3 N–H and O–H groups in total. The van der Waals surface area contributed by atoms with Crippen molar-refractivity contribution in [2.75, 3.05) is 26.6 Å². The number of anilines is 1. The molecule has 0 fully saturated rings. The molecule has 0 unspecified atom stereocenters. The summed E-state index contributed by atoms with van der Waals surface area (Å²) in [5.74, 6) is 1.15. The summed E-state index contributed by atoms with van der Waals surface area (Å²) >= 11 is 0. The van der Waals surface area contributed by atoms with Gasteiger partial charge < -0.3 is 30.0 Å². The Kier molecular flexibility index (Phi) is 9.14. The zero-order chi connectivity index (χ0) is 20.7. The van der Waals surface area contributed by atoms with Gasteiger partial charge in [0.2, 0.25) is 5.75 Å². The van der Waals surface area contributed by atoms with Crippen LogP contribution >= 0.6 is 24.0 Å². The maximum Gasteiger partial charge on any atom is 0.573 e. The predicted octanol–water partition coefficient (Wildman–Crippen LogP) is 4.16. The zero-order valence-corrected chi connectivity index (χ0v) is 18.2. The first-order valence-corrected chi connectivity index (χ1v) is 7.98. The van der Waals surface area contributed by atoms with Crippen LogP contribution in [0.1, 0.15) is 5.56 Å². The van der Waals surface area contributed by atoms with Crippen LogP contribution in [0.3, 0.4) is 0 Å². The van der Waals surface area contributed by atoms with Gasteiger partial charge in [-0.3, -0.25) is 0 Å². The Hall–Kier alpha value is -2.57. The molecule has 0 saturated heterocycles. The first-order chi connectivity index (χ1) is 13.3. The van der Waals surface area contributed by atoms with Crippen LogP contribution in [0.2, 0.25) is 0 Å². The van der Waals surface area contributed by atoms with Crippen molar-refractivity contribution in [3.63, 3.8) is 0 Å². The monoisotopic (exact) mass is 527 g/mol. The van der Waals surface area contributed by atoms with Crippen molar-refractivity contribution in [2.45, 2.75) is 12.9 Å². The lowest BCUT2D eigenvalue weighted by Gasteiger charge is -2.15. The highest BCUT2D eigenvalue weighted by atomic mass is 127. The quantitative estimate of drug-likeness (QED) is 0.320. The first kappa shape index (κ1) is 24.5. The predicted molar refractivity (Wildman–Crippen MR) is 114 cm³/mol. The maximum absolute atomic E-state index is 12.2. The standard InChI is InChI=1S/C18H20F3N3O4.HI/c1-25-14-9-4-11(15(26-2)16(14)27-3)10-23-17(22)24-12-5-7-13(8-6-12)28-18(19,20)21;/h4-9H,10H2,1-3H3,(H3,22,23,24);1H.